The fourth-order valence-electron chi connectivity index (χ4n) is 2.49. The molecule has 0 amide bonds. The Bertz CT molecular complexity index is 169. The molecule has 3 heteroatoms. The van der Waals surface area contributed by atoms with E-state index in [1.54, 1.807) is 0 Å². The molecule has 2 nitrogen and oxygen atoms in total. The predicted octanol–water partition coefficient (Wildman–Crippen LogP) is 4.66. The molecule has 0 spiro atoms. The maximum atomic E-state index is 5.97. The normalized spacial score (nSPS) is 21.9. The van der Waals surface area contributed by atoms with Gasteiger partial charge in [0.15, 0.2) is 6.29 Å². The van der Waals surface area contributed by atoms with E-state index in [1.807, 2.05) is 0 Å². The molecule has 0 saturated heterocycles. The minimum Gasteiger partial charge on any atom is -0.348 e. The zero-order valence-corrected chi connectivity index (χ0v) is 11.3. The van der Waals surface area contributed by atoms with Gasteiger partial charge in [0.25, 0.3) is 0 Å². The molecule has 0 aromatic heterocycles. The molecule has 0 aromatic rings. The minimum atomic E-state index is -0.196. The summed E-state index contributed by atoms with van der Waals surface area (Å²) in [6, 6.07) is 0. The monoisotopic (exact) mass is 248 g/mol. The SMILES string of the molecule is CCCC(CC)OC(OCl)C1CCCCC1. The molecular weight excluding hydrogens is 224 g/mol. The van der Waals surface area contributed by atoms with Gasteiger partial charge in [-0.15, -0.1) is 0 Å². The van der Waals surface area contributed by atoms with Gasteiger partial charge in [0.1, 0.15) is 0 Å². The van der Waals surface area contributed by atoms with Crippen molar-refractivity contribution >= 4 is 11.9 Å². The smallest absolute Gasteiger partial charge is 0.180 e. The third-order valence-electron chi connectivity index (χ3n) is 3.52. The van der Waals surface area contributed by atoms with Crippen LogP contribution in [-0.4, -0.2) is 12.4 Å². The van der Waals surface area contributed by atoms with Gasteiger partial charge in [-0.25, -0.2) is 4.29 Å². The lowest BCUT2D eigenvalue weighted by molar-refractivity contribution is -0.155. The molecule has 16 heavy (non-hydrogen) atoms. The van der Waals surface area contributed by atoms with E-state index in [-0.39, 0.29) is 6.29 Å². The third-order valence-corrected chi connectivity index (χ3v) is 3.69. The van der Waals surface area contributed by atoms with Gasteiger partial charge in [-0.3, -0.25) is 0 Å². The molecule has 1 saturated carbocycles. The quantitative estimate of drug-likeness (QED) is 0.610. The van der Waals surface area contributed by atoms with Crippen LogP contribution >= 0.6 is 11.9 Å². The van der Waals surface area contributed by atoms with E-state index in [2.05, 4.69) is 13.8 Å². The average Bonchev–Trinajstić information content (AvgIpc) is 2.35. The summed E-state index contributed by atoms with van der Waals surface area (Å²) >= 11 is 5.58. The maximum absolute atomic E-state index is 5.97. The zero-order valence-electron chi connectivity index (χ0n) is 10.6. The Kier molecular flexibility index (Phi) is 7.42. The fourth-order valence-corrected chi connectivity index (χ4v) is 2.68. The van der Waals surface area contributed by atoms with Crippen LogP contribution in [0.25, 0.3) is 0 Å². The lowest BCUT2D eigenvalue weighted by Gasteiger charge is -2.30. The van der Waals surface area contributed by atoms with E-state index in [0.717, 1.165) is 19.3 Å². The van der Waals surface area contributed by atoms with Crippen molar-refractivity contribution in [1.82, 2.24) is 0 Å². The van der Waals surface area contributed by atoms with Crippen molar-refractivity contribution in [2.75, 3.05) is 0 Å². The van der Waals surface area contributed by atoms with Crippen LogP contribution < -0.4 is 0 Å². The molecule has 0 bridgehead atoms. The van der Waals surface area contributed by atoms with Crippen molar-refractivity contribution in [1.29, 1.82) is 0 Å². The van der Waals surface area contributed by atoms with E-state index in [1.165, 1.54) is 32.1 Å². The molecule has 0 aromatic carbocycles. The Labute approximate surface area is 105 Å². The van der Waals surface area contributed by atoms with Gasteiger partial charge in [0.05, 0.1) is 18.0 Å². The first-order valence-electron chi connectivity index (χ1n) is 6.74. The fraction of sp³-hybridized carbons (Fsp3) is 1.00. The van der Waals surface area contributed by atoms with Crippen LogP contribution in [0.15, 0.2) is 0 Å². The van der Waals surface area contributed by atoms with Gasteiger partial charge in [0, 0.05) is 5.92 Å². The van der Waals surface area contributed by atoms with Gasteiger partial charge in [0.2, 0.25) is 0 Å². The molecule has 2 atom stereocenters. The van der Waals surface area contributed by atoms with Gasteiger partial charge < -0.3 is 4.74 Å². The first-order valence-corrected chi connectivity index (χ1v) is 7.05. The second-order valence-electron chi connectivity index (χ2n) is 4.81. The van der Waals surface area contributed by atoms with Crippen molar-refractivity contribution in [2.24, 2.45) is 5.92 Å². The third kappa shape index (κ3) is 4.60. The molecule has 2 unspecified atom stereocenters. The van der Waals surface area contributed by atoms with Crippen molar-refractivity contribution in [3.05, 3.63) is 0 Å². The first kappa shape index (κ1) is 14.3. The van der Waals surface area contributed by atoms with Crippen molar-refractivity contribution in [2.45, 2.75) is 77.6 Å². The highest BCUT2D eigenvalue weighted by Gasteiger charge is 2.27. The highest BCUT2D eigenvalue weighted by Crippen LogP contribution is 2.30. The predicted molar refractivity (Wildman–Crippen MR) is 67.4 cm³/mol. The van der Waals surface area contributed by atoms with Crippen molar-refractivity contribution < 1.29 is 9.03 Å². The zero-order chi connectivity index (χ0) is 11.8. The standard InChI is InChI=1S/C13H25ClO2/c1-3-8-12(4-2)15-13(16-14)11-9-6-5-7-10-11/h11-13H,3-10H2,1-2H3. The molecule has 1 aliphatic carbocycles. The summed E-state index contributed by atoms with van der Waals surface area (Å²) in [4.78, 5) is 0. The number of rotatable bonds is 7. The Hall–Kier alpha value is 0.210. The highest BCUT2D eigenvalue weighted by atomic mass is 35.5. The number of halogens is 1. The lowest BCUT2D eigenvalue weighted by atomic mass is 9.89. The molecule has 1 rings (SSSR count). The van der Waals surface area contributed by atoms with E-state index in [4.69, 9.17) is 20.9 Å². The van der Waals surface area contributed by atoms with Gasteiger partial charge in [-0.1, -0.05) is 39.5 Å². The summed E-state index contributed by atoms with van der Waals surface area (Å²) in [7, 11) is 0. The van der Waals surface area contributed by atoms with Crippen LogP contribution in [0, 0.1) is 5.92 Å². The molecular formula is C13H25ClO2. The molecule has 1 aliphatic rings. The summed E-state index contributed by atoms with van der Waals surface area (Å²) in [5.41, 5.74) is 0. The Morgan fingerprint density at radius 2 is 1.88 bits per heavy atom. The second kappa shape index (κ2) is 8.32. The van der Waals surface area contributed by atoms with Crippen molar-refractivity contribution in [3.8, 4) is 0 Å². The Balaban J connectivity index is 2.39. The Morgan fingerprint density at radius 3 is 2.38 bits per heavy atom. The van der Waals surface area contributed by atoms with Crippen LogP contribution in [0.3, 0.4) is 0 Å². The lowest BCUT2D eigenvalue weighted by Crippen LogP contribution is -2.30. The largest absolute Gasteiger partial charge is 0.348 e. The summed E-state index contributed by atoms with van der Waals surface area (Å²) in [5, 5.41) is 0. The topological polar surface area (TPSA) is 18.5 Å². The summed E-state index contributed by atoms with van der Waals surface area (Å²) in [6.45, 7) is 4.34. The molecule has 0 radical (unpaired) electrons. The summed E-state index contributed by atoms with van der Waals surface area (Å²) < 4.78 is 11.0. The molecule has 0 N–H and O–H groups in total. The number of ether oxygens (including phenoxy) is 1. The Morgan fingerprint density at radius 1 is 1.19 bits per heavy atom. The van der Waals surface area contributed by atoms with E-state index >= 15 is 0 Å². The molecule has 96 valence electrons. The van der Waals surface area contributed by atoms with Crippen LogP contribution in [-0.2, 0) is 9.03 Å². The average molecular weight is 249 g/mol. The molecule has 0 heterocycles. The summed E-state index contributed by atoms with van der Waals surface area (Å²) in [5.74, 6) is 0.497. The second-order valence-corrected chi connectivity index (χ2v) is 4.99. The van der Waals surface area contributed by atoms with Crippen LogP contribution in [0.1, 0.15) is 65.2 Å². The van der Waals surface area contributed by atoms with Gasteiger partial charge >= 0.3 is 0 Å². The minimum absolute atomic E-state index is 0.196. The van der Waals surface area contributed by atoms with Crippen LogP contribution in [0.2, 0.25) is 0 Å². The van der Waals surface area contributed by atoms with Gasteiger partial charge in [-0.2, -0.15) is 0 Å². The highest BCUT2D eigenvalue weighted by molar-refractivity contribution is 6.07. The molecule has 1 fully saturated rings. The number of hydrogen-bond acceptors (Lipinski definition) is 2. The van der Waals surface area contributed by atoms with Crippen molar-refractivity contribution in [3.63, 3.8) is 0 Å². The van der Waals surface area contributed by atoms with Crippen LogP contribution in [0.5, 0.6) is 0 Å². The van der Waals surface area contributed by atoms with Gasteiger partial charge in [-0.05, 0) is 25.7 Å². The first-order chi connectivity index (χ1) is 7.81. The van der Waals surface area contributed by atoms with Crippen LogP contribution in [0.4, 0.5) is 0 Å². The van der Waals surface area contributed by atoms with E-state index < -0.39 is 0 Å². The molecule has 0 aliphatic heterocycles. The van der Waals surface area contributed by atoms with E-state index in [9.17, 15) is 0 Å². The van der Waals surface area contributed by atoms with E-state index in [0.29, 0.717) is 12.0 Å². The number of hydrogen-bond donors (Lipinski definition) is 0. The maximum Gasteiger partial charge on any atom is 0.180 e. The summed E-state index contributed by atoms with van der Waals surface area (Å²) in [6.07, 6.45) is 9.70.